The number of carbonyl (C=O) groups is 2. The minimum absolute atomic E-state index is 0.348. The van der Waals surface area contributed by atoms with Crippen LogP contribution in [0.5, 0.6) is 0 Å². The standard InChI is InChI=1S/C13H16O2S/c1-10(2)7-8-16-12-5-3-11(4-6-12)13(15)9-14/h3-6,9-10H,7-8H2,1-2H3. The fourth-order valence-corrected chi connectivity index (χ4v) is 2.35. The Balaban J connectivity index is 2.51. The first-order chi connectivity index (χ1) is 7.63. The van der Waals surface area contributed by atoms with Crippen LogP contribution in [-0.2, 0) is 4.79 Å². The number of hydrogen-bond acceptors (Lipinski definition) is 3. The van der Waals surface area contributed by atoms with Crippen molar-refractivity contribution < 1.29 is 9.59 Å². The van der Waals surface area contributed by atoms with Gasteiger partial charge < -0.3 is 0 Å². The van der Waals surface area contributed by atoms with Gasteiger partial charge in [-0.25, -0.2) is 0 Å². The molecule has 0 aliphatic heterocycles. The summed E-state index contributed by atoms with van der Waals surface area (Å²) in [5.74, 6) is 1.33. The molecule has 1 rings (SSSR count). The number of ketones is 1. The number of Topliss-reactive ketones (excluding diaryl/α,β-unsaturated/α-hetero) is 1. The molecule has 3 heteroatoms. The molecule has 0 bridgehead atoms. The maximum Gasteiger partial charge on any atom is 0.225 e. The van der Waals surface area contributed by atoms with Gasteiger partial charge in [0, 0.05) is 10.5 Å². The minimum atomic E-state index is -0.460. The van der Waals surface area contributed by atoms with Crippen molar-refractivity contribution in [2.45, 2.75) is 25.2 Å². The predicted octanol–water partition coefficient (Wildman–Crippen LogP) is 3.21. The fraction of sp³-hybridized carbons (Fsp3) is 0.385. The van der Waals surface area contributed by atoms with Crippen LogP contribution in [0.15, 0.2) is 29.2 Å². The summed E-state index contributed by atoms with van der Waals surface area (Å²) in [6.45, 7) is 4.40. The maximum absolute atomic E-state index is 11.1. The smallest absolute Gasteiger partial charge is 0.225 e. The molecule has 2 nitrogen and oxygen atoms in total. The third-order valence-corrected chi connectivity index (χ3v) is 3.26. The van der Waals surface area contributed by atoms with Gasteiger partial charge in [0.1, 0.15) is 0 Å². The minimum Gasteiger partial charge on any atom is -0.294 e. The van der Waals surface area contributed by atoms with Gasteiger partial charge in [-0.05, 0) is 42.4 Å². The molecule has 0 aromatic heterocycles. The van der Waals surface area contributed by atoms with Crippen molar-refractivity contribution in [1.29, 1.82) is 0 Å². The molecule has 0 spiro atoms. The number of hydrogen-bond donors (Lipinski definition) is 0. The third kappa shape index (κ3) is 4.19. The molecule has 1 aromatic rings. The van der Waals surface area contributed by atoms with E-state index in [2.05, 4.69) is 13.8 Å². The fourth-order valence-electron chi connectivity index (χ4n) is 1.20. The monoisotopic (exact) mass is 236 g/mol. The zero-order valence-corrected chi connectivity index (χ0v) is 10.4. The summed E-state index contributed by atoms with van der Waals surface area (Å²) in [4.78, 5) is 22.5. The van der Waals surface area contributed by atoms with Crippen LogP contribution in [-0.4, -0.2) is 17.8 Å². The van der Waals surface area contributed by atoms with E-state index in [0.717, 1.165) is 10.6 Å². The van der Waals surface area contributed by atoms with E-state index < -0.39 is 5.78 Å². The summed E-state index contributed by atoms with van der Waals surface area (Å²) in [5.41, 5.74) is 0.461. The van der Waals surface area contributed by atoms with Crippen molar-refractivity contribution in [3.8, 4) is 0 Å². The summed E-state index contributed by atoms with van der Waals surface area (Å²) in [6.07, 6.45) is 1.53. The molecule has 0 fully saturated rings. The van der Waals surface area contributed by atoms with Gasteiger partial charge in [0.25, 0.3) is 0 Å². The van der Waals surface area contributed by atoms with Gasteiger partial charge in [0.2, 0.25) is 5.78 Å². The predicted molar refractivity (Wildman–Crippen MR) is 67.0 cm³/mol. The Bertz CT molecular complexity index is 355. The molecule has 0 heterocycles. The maximum atomic E-state index is 11.1. The van der Waals surface area contributed by atoms with Crippen LogP contribution in [0.1, 0.15) is 30.6 Å². The normalized spacial score (nSPS) is 10.4. The van der Waals surface area contributed by atoms with Gasteiger partial charge in [0.05, 0.1) is 0 Å². The van der Waals surface area contributed by atoms with Gasteiger partial charge in [-0.15, -0.1) is 11.8 Å². The van der Waals surface area contributed by atoms with Crippen LogP contribution in [0.4, 0.5) is 0 Å². The molecule has 16 heavy (non-hydrogen) atoms. The zero-order chi connectivity index (χ0) is 12.0. The summed E-state index contributed by atoms with van der Waals surface area (Å²) in [7, 11) is 0. The van der Waals surface area contributed by atoms with Crippen molar-refractivity contribution >= 4 is 23.8 Å². The lowest BCUT2D eigenvalue weighted by atomic mass is 10.1. The average molecular weight is 236 g/mol. The van der Waals surface area contributed by atoms with Crippen LogP contribution in [0.25, 0.3) is 0 Å². The molecule has 0 aliphatic rings. The first-order valence-corrected chi connectivity index (χ1v) is 6.34. The average Bonchev–Trinajstić information content (AvgIpc) is 2.28. The van der Waals surface area contributed by atoms with Crippen molar-refractivity contribution in [1.82, 2.24) is 0 Å². The second-order valence-electron chi connectivity index (χ2n) is 4.04. The van der Waals surface area contributed by atoms with E-state index in [1.807, 2.05) is 12.1 Å². The SMILES string of the molecule is CC(C)CCSc1ccc(C(=O)C=O)cc1. The molecule has 0 N–H and O–H groups in total. The van der Waals surface area contributed by atoms with E-state index in [1.165, 1.54) is 6.42 Å². The lowest BCUT2D eigenvalue weighted by Gasteiger charge is -2.04. The number of benzene rings is 1. The molecule has 0 saturated heterocycles. The lowest BCUT2D eigenvalue weighted by Crippen LogP contribution is -1.98. The second kappa shape index (κ2) is 6.48. The van der Waals surface area contributed by atoms with E-state index in [4.69, 9.17) is 0 Å². The highest BCUT2D eigenvalue weighted by atomic mass is 32.2. The van der Waals surface area contributed by atoms with E-state index in [-0.39, 0.29) is 0 Å². The summed E-state index contributed by atoms with van der Waals surface area (Å²) < 4.78 is 0. The Morgan fingerprint density at radius 1 is 1.31 bits per heavy atom. The second-order valence-corrected chi connectivity index (χ2v) is 5.21. The number of aldehydes is 1. The van der Waals surface area contributed by atoms with Crippen molar-refractivity contribution in [2.24, 2.45) is 5.92 Å². The summed E-state index contributed by atoms with van der Waals surface area (Å²) >= 11 is 1.78. The van der Waals surface area contributed by atoms with Crippen molar-refractivity contribution in [3.63, 3.8) is 0 Å². The number of thioether (sulfide) groups is 1. The summed E-state index contributed by atoms with van der Waals surface area (Å²) in [6, 6.07) is 7.19. The molecule has 1 aromatic carbocycles. The largest absolute Gasteiger partial charge is 0.294 e. The Hall–Kier alpha value is -1.09. The Morgan fingerprint density at radius 3 is 2.44 bits per heavy atom. The first-order valence-electron chi connectivity index (χ1n) is 5.36. The van der Waals surface area contributed by atoms with Gasteiger partial charge in [0.15, 0.2) is 6.29 Å². The molecule has 0 unspecified atom stereocenters. The quantitative estimate of drug-likeness (QED) is 0.329. The highest BCUT2D eigenvalue weighted by molar-refractivity contribution is 7.99. The van der Waals surface area contributed by atoms with Gasteiger partial charge >= 0.3 is 0 Å². The van der Waals surface area contributed by atoms with E-state index in [9.17, 15) is 9.59 Å². The Kier molecular flexibility index (Phi) is 5.26. The molecule has 0 saturated carbocycles. The molecule has 0 atom stereocenters. The van der Waals surface area contributed by atoms with Crippen molar-refractivity contribution in [2.75, 3.05) is 5.75 Å². The Morgan fingerprint density at radius 2 is 1.94 bits per heavy atom. The summed E-state index contributed by atoms with van der Waals surface area (Å²) in [5, 5.41) is 0. The van der Waals surface area contributed by atoms with E-state index >= 15 is 0 Å². The molecule has 0 aliphatic carbocycles. The van der Waals surface area contributed by atoms with Crippen LogP contribution in [0.3, 0.4) is 0 Å². The van der Waals surface area contributed by atoms with Gasteiger partial charge in [-0.2, -0.15) is 0 Å². The van der Waals surface area contributed by atoms with Crippen LogP contribution in [0, 0.1) is 5.92 Å². The molecule has 0 amide bonds. The van der Waals surface area contributed by atoms with Gasteiger partial charge in [-0.1, -0.05) is 13.8 Å². The topological polar surface area (TPSA) is 34.1 Å². The highest BCUT2D eigenvalue weighted by Gasteiger charge is 2.03. The lowest BCUT2D eigenvalue weighted by molar-refractivity contribution is -0.104. The first kappa shape index (κ1) is 13.0. The van der Waals surface area contributed by atoms with Crippen LogP contribution >= 0.6 is 11.8 Å². The number of carbonyl (C=O) groups excluding carboxylic acids is 2. The molecule has 0 radical (unpaired) electrons. The molecule has 86 valence electrons. The zero-order valence-electron chi connectivity index (χ0n) is 9.60. The van der Waals surface area contributed by atoms with Crippen LogP contribution < -0.4 is 0 Å². The number of rotatable bonds is 6. The molecular weight excluding hydrogens is 220 g/mol. The van der Waals surface area contributed by atoms with E-state index in [1.54, 1.807) is 23.9 Å². The highest BCUT2D eigenvalue weighted by Crippen LogP contribution is 2.20. The van der Waals surface area contributed by atoms with Gasteiger partial charge in [-0.3, -0.25) is 9.59 Å². The van der Waals surface area contributed by atoms with Crippen molar-refractivity contribution in [3.05, 3.63) is 29.8 Å². The third-order valence-electron chi connectivity index (χ3n) is 2.21. The Labute approximate surface area is 100 Å². The molecular formula is C13H16O2S. The van der Waals surface area contributed by atoms with E-state index in [0.29, 0.717) is 17.8 Å². The van der Waals surface area contributed by atoms with Crippen LogP contribution in [0.2, 0.25) is 0 Å².